The molecular formula is C5H4Cl2N2O. The fourth-order valence-corrected chi connectivity index (χ4v) is 0.498. The van der Waals surface area contributed by atoms with Crippen LogP contribution in [0.2, 0.25) is 0 Å². The molecule has 0 saturated heterocycles. The first-order valence-corrected chi connectivity index (χ1v) is 2.63. The highest BCUT2D eigenvalue weighted by molar-refractivity contribution is 6.67. The molecule has 0 N–H and O–H groups in total. The van der Waals surface area contributed by atoms with Gasteiger partial charge in [-0.2, -0.15) is 0 Å². The van der Waals surface area contributed by atoms with Gasteiger partial charge in [-0.1, -0.05) is 0 Å². The lowest BCUT2D eigenvalue weighted by Gasteiger charge is -1.86. The summed E-state index contributed by atoms with van der Waals surface area (Å²) in [4.78, 5) is 17.5. The predicted molar refractivity (Wildman–Crippen MR) is 39.5 cm³/mol. The Kier molecular flexibility index (Phi) is 3.91. The summed E-state index contributed by atoms with van der Waals surface area (Å²) >= 11 is 5.08. The van der Waals surface area contributed by atoms with Gasteiger partial charge in [0.15, 0.2) is 0 Å². The average molecular weight is 179 g/mol. The predicted octanol–water partition coefficient (Wildman–Crippen LogP) is 1.28. The van der Waals surface area contributed by atoms with Gasteiger partial charge in [0, 0.05) is 12.4 Å². The molecule has 0 aromatic carbocycles. The summed E-state index contributed by atoms with van der Waals surface area (Å²) in [5.41, 5.74) is 0.319. The molecule has 0 spiro atoms. The third-order valence-electron chi connectivity index (χ3n) is 0.788. The van der Waals surface area contributed by atoms with Gasteiger partial charge >= 0.3 is 0 Å². The second kappa shape index (κ2) is 4.19. The minimum absolute atomic E-state index is 0. The van der Waals surface area contributed by atoms with Crippen LogP contribution in [0, 0.1) is 0 Å². The van der Waals surface area contributed by atoms with Crippen LogP contribution in [0.4, 0.5) is 0 Å². The Morgan fingerprint density at radius 3 is 2.20 bits per heavy atom. The van der Waals surface area contributed by atoms with E-state index in [2.05, 4.69) is 9.97 Å². The zero-order valence-corrected chi connectivity index (χ0v) is 6.39. The van der Waals surface area contributed by atoms with Crippen LogP contribution in [0.15, 0.2) is 18.7 Å². The van der Waals surface area contributed by atoms with E-state index in [0.717, 1.165) is 0 Å². The van der Waals surface area contributed by atoms with E-state index in [9.17, 15) is 4.79 Å². The molecule has 1 rings (SSSR count). The van der Waals surface area contributed by atoms with E-state index in [0.29, 0.717) is 5.56 Å². The topological polar surface area (TPSA) is 42.9 Å². The van der Waals surface area contributed by atoms with Crippen molar-refractivity contribution in [2.24, 2.45) is 0 Å². The van der Waals surface area contributed by atoms with Crippen LogP contribution in [-0.2, 0) is 0 Å². The molecule has 3 nitrogen and oxygen atoms in total. The molecule has 0 fully saturated rings. The molecular weight excluding hydrogens is 175 g/mol. The number of aromatic nitrogens is 2. The van der Waals surface area contributed by atoms with Crippen LogP contribution in [0.5, 0.6) is 0 Å². The van der Waals surface area contributed by atoms with Gasteiger partial charge in [-0.3, -0.25) is 4.79 Å². The van der Waals surface area contributed by atoms with E-state index in [1.165, 1.54) is 18.7 Å². The molecule has 0 bridgehead atoms. The van der Waals surface area contributed by atoms with Gasteiger partial charge in [0.05, 0.1) is 5.56 Å². The Balaban J connectivity index is 0.000000810. The smallest absolute Gasteiger partial charge is 0.255 e. The normalized spacial score (nSPS) is 8.10. The highest BCUT2D eigenvalue weighted by Gasteiger charge is 1.98. The van der Waals surface area contributed by atoms with Crippen molar-refractivity contribution in [3.63, 3.8) is 0 Å². The number of rotatable bonds is 1. The summed E-state index contributed by atoms with van der Waals surface area (Å²) in [6, 6.07) is 0. The second-order valence-corrected chi connectivity index (χ2v) is 1.74. The Hall–Kier alpha value is -0.670. The molecule has 0 aliphatic rings. The molecule has 0 unspecified atom stereocenters. The van der Waals surface area contributed by atoms with Gasteiger partial charge in [0.1, 0.15) is 6.33 Å². The minimum atomic E-state index is -0.532. The number of hydrogen-bond donors (Lipinski definition) is 0. The zero-order chi connectivity index (χ0) is 6.69. The standard InChI is InChI=1S/C5H3ClN2O.ClH/c6-5(9)4-1-7-3-8-2-4;/h1-3H;1H. The first kappa shape index (κ1) is 9.33. The lowest BCUT2D eigenvalue weighted by atomic mass is 10.4. The fraction of sp³-hybridized carbons (Fsp3) is 0. The maximum absolute atomic E-state index is 10.3. The van der Waals surface area contributed by atoms with Gasteiger partial charge in [-0.05, 0) is 11.6 Å². The molecule has 0 amide bonds. The summed E-state index contributed by atoms with van der Waals surface area (Å²) in [6.45, 7) is 0. The van der Waals surface area contributed by atoms with E-state index in [4.69, 9.17) is 11.6 Å². The van der Waals surface area contributed by atoms with Crippen molar-refractivity contribution >= 4 is 29.3 Å². The number of nitrogens with zero attached hydrogens (tertiary/aromatic N) is 2. The van der Waals surface area contributed by atoms with Gasteiger partial charge in [-0.15, -0.1) is 12.4 Å². The molecule has 1 aromatic heterocycles. The van der Waals surface area contributed by atoms with Crippen molar-refractivity contribution in [1.82, 2.24) is 9.97 Å². The highest BCUT2D eigenvalue weighted by atomic mass is 35.5. The average Bonchev–Trinajstić information content (AvgIpc) is 1.90. The fourth-order valence-electron chi connectivity index (χ4n) is 0.401. The molecule has 0 saturated carbocycles. The summed E-state index contributed by atoms with van der Waals surface area (Å²) in [7, 11) is 0. The van der Waals surface area contributed by atoms with Gasteiger partial charge < -0.3 is 0 Å². The SMILES string of the molecule is Cl.O=C(Cl)c1cncnc1. The number of halogens is 2. The molecule has 0 atom stereocenters. The Morgan fingerprint density at radius 1 is 1.40 bits per heavy atom. The van der Waals surface area contributed by atoms with Gasteiger partial charge in [0.2, 0.25) is 0 Å². The Bertz CT molecular complexity index is 214. The maximum Gasteiger partial charge on any atom is 0.255 e. The summed E-state index contributed by atoms with van der Waals surface area (Å²) in [5.74, 6) is 0. The first-order valence-electron chi connectivity index (χ1n) is 2.25. The number of carbonyl (C=O) groups excluding carboxylic acids is 1. The molecule has 5 heteroatoms. The van der Waals surface area contributed by atoms with Crippen LogP contribution in [0.1, 0.15) is 10.4 Å². The monoisotopic (exact) mass is 178 g/mol. The molecule has 0 aliphatic heterocycles. The van der Waals surface area contributed by atoms with Crippen LogP contribution in [0.25, 0.3) is 0 Å². The number of carbonyl (C=O) groups is 1. The van der Waals surface area contributed by atoms with Crippen molar-refractivity contribution in [2.45, 2.75) is 0 Å². The lowest BCUT2D eigenvalue weighted by Crippen LogP contribution is -1.89. The van der Waals surface area contributed by atoms with Crippen LogP contribution < -0.4 is 0 Å². The maximum atomic E-state index is 10.3. The second-order valence-electron chi connectivity index (χ2n) is 1.40. The van der Waals surface area contributed by atoms with Crippen LogP contribution in [-0.4, -0.2) is 15.2 Å². The molecule has 1 aromatic rings. The Morgan fingerprint density at radius 2 is 1.90 bits per heavy atom. The van der Waals surface area contributed by atoms with Crippen LogP contribution >= 0.6 is 24.0 Å². The molecule has 0 aliphatic carbocycles. The lowest BCUT2D eigenvalue weighted by molar-refractivity contribution is 0.108. The Labute approximate surface area is 68.9 Å². The molecule has 54 valence electrons. The van der Waals surface area contributed by atoms with E-state index in [-0.39, 0.29) is 12.4 Å². The third kappa shape index (κ3) is 2.29. The highest BCUT2D eigenvalue weighted by Crippen LogP contribution is 1.96. The van der Waals surface area contributed by atoms with E-state index >= 15 is 0 Å². The molecule has 1 heterocycles. The van der Waals surface area contributed by atoms with E-state index in [1.807, 2.05) is 0 Å². The van der Waals surface area contributed by atoms with Crippen molar-refractivity contribution in [2.75, 3.05) is 0 Å². The van der Waals surface area contributed by atoms with Crippen molar-refractivity contribution in [1.29, 1.82) is 0 Å². The summed E-state index contributed by atoms with van der Waals surface area (Å²) < 4.78 is 0. The first-order chi connectivity index (χ1) is 4.30. The number of hydrogen-bond acceptors (Lipinski definition) is 3. The van der Waals surface area contributed by atoms with Gasteiger partial charge in [-0.25, -0.2) is 9.97 Å². The summed E-state index contributed by atoms with van der Waals surface area (Å²) in [5, 5.41) is -0.532. The minimum Gasteiger partial charge on any atom is -0.275 e. The van der Waals surface area contributed by atoms with E-state index < -0.39 is 5.24 Å². The van der Waals surface area contributed by atoms with Crippen molar-refractivity contribution in [3.8, 4) is 0 Å². The quantitative estimate of drug-likeness (QED) is 0.609. The molecule has 0 radical (unpaired) electrons. The third-order valence-corrected chi connectivity index (χ3v) is 1.01. The van der Waals surface area contributed by atoms with Crippen LogP contribution in [0.3, 0.4) is 0 Å². The van der Waals surface area contributed by atoms with Gasteiger partial charge in [0.25, 0.3) is 5.24 Å². The largest absolute Gasteiger partial charge is 0.275 e. The van der Waals surface area contributed by atoms with Crippen molar-refractivity contribution in [3.05, 3.63) is 24.3 Å². The summed E-state index contributed by atoms with van der Waals surface area (Å²) in [6.07, 6.45) is 4.06. The van der Waals surface area contributed by atoms with E-state index in [1.54, 1.807) is 0 Å². The van der Waals surface area contributed by atoms with Crippen molar-refractivity contribution < 1.29 is 4.79 Å². The zero-order valence-electron chi connectivity index (χ0n) is 4.82. The molecule has 10 heavy (non-hydrogen) atoms.